The number of benzene rings is 1. The average molecular weight is 542 g/mol. The Balaban J connectivity index is 0.00000320. The first kappa shape index (κ1) is 24.6. The van der Waals surface area contributed by atoms with E-state index < -0.39 is 0 Å². The van der Waals surface area contributed by atoms with Crippen molar-refractivity contribution >= 4 is 47.2 Å². The van der Waals surface area contributed by atoms with Crippen LogP contribution in [0.15, 0.2) is 29.3 Å². The number of amides is 1. The lowest BCUT2D eigenvalue weighted by Crippen LogP contribution is -2.39. The smallest absolute Gasteiger partial charge is 0.222 e. The van der Waals surface area contributed by atoms with Gasteiger partial charge in [0.05, 0.1) is 10.7 Å². The molecule has 1 aromatic heterocycles. The maximum Gasteiger partial charge on any atom is 0.222 e. The van der Waals surface area contributed by atoms with Crippen LogP contribution in [0.3, 0.4) is 0 Å². The maximum atomic E-state index is 12.5. The summed E-state index contributed by atoms with van der Waals surface area (Å²) in [6, 6.07) is 8.41. The highest BCUT2D eigenvalue weighted by Gasteiger charge is 2.19. The molecular weight excluding hydrogens is 509 g/mol. The number of aryl methyl sites for hydroxylation is 2. The molecule has 0 radical (unpaired) electrons. The Labute approximate surface area is 200 Å². The van der Waals surface area contributed by atoms with E-state index in [1.165, 1.54) is 16.0 Å². The number of nitrogens with zero attached hydrogens (tertiary/aromatic N) is 3. The maximum absolute atomic E-state index is 12.5. The summed E-state index contributed by atoms with van der Waals surface area (Å²) in [7, 11) is 1.77. The van der Waals surface area contributed by atoms with Crippen LogP contribution in [-0.2, 0) is 24.2 Å². The zero-order valence-electron chi connectivity index (χ0n) is 18.0. The predicted octanol–water partition coefficient (Wildman–Crippen LogP) is 3.45. The third kappa shape index (κ3) is 6.94. The van der Waals surface area contributed by atoms with Crippen LogP contribution in [0.2, 0.25) is 0 Å². The minimum Gasteiger partial charge on any atom is -0.356 e. The number of hydrogen-bond donors (Lipinski definition) is 2. The van der Waals surface area contributed by atoms with E-state index in [4.69, 9.17) is 0 Å². The molecule has 30 heavy (non-hydrogen) atoms. The summed E-state index contributed by atoms with van der Waals surface area (Å²) in [6.45, 7) is 7.23. The molecule has 0 saturated heterocycles. The molecule has 8 heteroatoms. The number of aliphatic imine (C=N–C) groups is 1. The summed E-state index contributed by atoms with van der Waals surface area (Å²) in [5, 5.41) is 7.77. The zero-order valence-corrected chi connectivity index (χ0v) is 21.2. The van der Waals surface area contributed by atoms with Crippen LogP contribution in [0.4, 0.5) is 0 Å². The lowest BCUT2D eigenvalue weighted by Gasteiger charge is -2.29. The fourth-order valence-electron chi connectivity index (χ4n) is 3.47. The molecular formula is C22H32IN5OS. The van der Waals surface area contributed by atoms with Crippen molar-refractivity contribution in [1.82, 2.24) is 20.5 Å². The number of aromatic nitrogens is 1. The number of nitrogens with one attached hydrogen (secondary N) is 2. The Hall–Kier alpha value is -1.68. The predicted molar refractivity (Wildman–Crippen MR) is 135 cm³/mol. The Kier molecular flexibility index (Phi) is 10.0. The number of thiazole rings is 1. The molecule has 0 aliphatic carbocycles. The normalized spacial score (nSPS) is 13.4. The van der Waals surface area contributed by atoms with Crippen molar-refractivity contribution in [2.45, 2.75) is 46.1 Å². The lowest BCUT2D eigenvalue weighted by atomic mass is 9.99. The van der Waals surface area contributed by atoms with Crippen molar-refractivity contribution in [3.63, 3.8) is 0 Å². The van der Waals surface area contributed by atoms with Crippen LogP contribution in [0.1, 0.15) is 39.5 Å². The number of guanidine groups is 1. The first-order valence-corrected chi connectivity index (χ1v) is 11.1. The third-order valence-corrected chi connectivity index (χ3v) is 6.40. The fraction of sp³-hybridized carbons (Fsp3) is 0.500. The summed E-state index contributed by atoms with van der Waals surface area (Å²) >= 11 is 1.75. The van der Waals surface area contributed by atoms with E-state index in [1.54, 1.807) is 18.4 Å². The zero-order chi connectivity index (χ0) is 20.6. The number of carbonyl (C=O) groups is 1. The van der Waals surface area contributed by atoms with Gasteiger partial charge in [-0.3, -0.25) is 9.79 Å². The Morgan fingerprint density at radius 2 is 1.93 bits per heavy atom. The van der Waals surface area contributed by atoms with Crippen molar-refractivity contribution in [1.29, 1.82) is 0 Å². The van der Waals surface area contributed by atoms with Crippen LogP contribution in [-0.4, -0.2) is 48.4 Å². The van der Waals surface area contributed by atoms with Gasteiger partial charge in [0.1, 0.15) is 0 Å². The average Bonchev–Trinajstić information content (AvgIpc) is 3.06. The summed E-state index contributed by atoms with van der Waals surface area (Å²) in [5.74, 6) is 1.01. The second-order valence-electron chi connectivity index (χ2n) is 7.36. The van der Waals surface area contributed by atoms with E-state index in [0.717, 1.165) is 62.1 Å². The van der Waals surface area contributed by atoms with Crippen molar-refractivity contribution < 1.29 is 4.79 Å². The minimum atomic E-state index is 0. The largest absolute Gasteiger partial charge is 0.356 e. The van der Waals surface area contributed by atoms with Crippen molar-refractivity contribution in [3.05, 3.63) is 51.0 Å². The molecule has 0 bridgehead atoms. The molecule has 1 aromatic carbocycles. The molecule has 2 aromatic rings. The van der Waals surface area contributed by atoms with Gasteiger partial charge in [0.15, 0.2) is 5.96 Å². The van der Waals surface area contributed by atoms with E-state index in [2.05, 4.69) is 45.7 Å². The second-order valence-corrected chi connectivity index (χ2v) is 8.65. The van der Waals surface area contributed by atoms with Gasteiger partial charge in [-0.15, -0.1) is 35.3 Å². The molecule has 0 atom stereocenters. The van der Waals surface area contributed by atoms with Gasteiger partial charge in [0, 0.05) is 50.9 Å². The fourth-order valence-corrected chi connectivity index (χ4v) is 4.40. The first-order valence-electron chi connectivity index (χ1n) is 10.3. The summed E-state index contributed by atoms with van der Waals surface area (Å²) in [6.07, 6.45) is 3.19. The van der Waals surface area contributed by atoms with Crippen molar-refractivity contribution in [3.8, 4) is 0 Å². The first-order chi connectivity index (χ1) is 14.1. The van der Waals surface area contributed by atoms with Crippen LogP contribution in [0.25, 0.3) is 0 Å². The monoisotopic (exact) mass is 541 g/mol. The lowest BCUT2D eigenvalue weighted by molar-refractivity contribution is -0.132. The number of halogens is 1. The summed E-state index contributed by atoms with van der Waals surface area (Å²) < 4.78 is 0. The number of rotatable bonds is 7. The highest BCUT2D eigenvalue weighted by atomic mass is 127. The van der Waals surface area contributed by atoms with Gasteiger partial charge in [-0.2, -0.15) is 0 Å². The number of fused-ring (bicyclic) bond motifs is 1. The van der Waals surface area contributed by atoms with E-state index in [-0.39, 0.29) is 29.9 Å². The Morgan fingerprint density at radius 3 is 2.63 bits per heavy atom. The highest BCUT2D eigenvalue weighted by Crippen LogP contribution is 2.19. The molecule has 0 unspecified atom stereocenters. The number of hydrogen-bond acceptors (Lipinski definition) is 4. The minimum absolute atomic E-state index is 0. The van der Waals surface area contributed by atoms with Gasteiger partial charge >= 0.3 is 0 Å². The Bertz CT molecular complexity index is 847. The molecule has 1 aliphatic rings. The molecule has 1 aliphatic heterocycles. The van der Waals surface area contributed by atoms with Crippen LogP contribution >= 0.6 is 35.3 Å². The van der Waals surface area contributed by atoms with Crippen molar-refractivity contribution in [2.24, 2.45) is 4.99 Å². The van der Waals surface area contributed by atoms with E-state index in [0.29, 0.717) is 6.42 Å². The summed E-state index contributed by atoms with van der Waals surface area (Å²) in [4.78, 5) is 24.6. The van der Waals surface area contributed by atoms with Gasteiger partial charge in [-0.1, -0.05) is 24.3 Å². The standard InChI is InChI=1S/C22H31N5OS.HI/c1-16-17(2)29-20(26-16)10-13-25-22(23-3)24-12-6-9-21(28)27-14-11-18-7-4-5-8-19(18)15-27;/h4-5,7-8H,6,9-15H2,1-3H3,(H2,23,24,25);1H. The molecule has 2 heterocycles. The van der Waals surface area contributed by atoms with Gasteiger partial charge < -0.3 is 15.5 Å². The van der Waals surface area contributed by atoms with E-state index in [1.807, 2.05) is 17.9 Å². The molecule has 1 amide bonds. The molecule has 3 rings (SSSR count). The second kappa shape index (κ2) is 12.2. The molecule has 0 fully saturated rings. The van der Waals surface area contributed by atoms with Crippen LogP contribution < -0.4 is 10.6 Å². The topological polar surface area (TPSA) is 69.6 Å². The van der Waals surface area contributed by atoms with Crippen LogP contribution in [0.5, 0.6) is 0 Å². The molecule has 2 N–H and O–H groups in total. The SMILES string of the molecule is CN=C(NCCCC(=O)N1CCc2ccccc2C1)NCCc1nc(C)c(C)s1.I. The summed E-state index contributed by atoms with van der Waals surface area (Å²) in [5.41, 5.74) is 3.77. The van der Waals surface area contributed by atoms with Gasteiger partial charge in [-0.05, 0) is 37.8 Å². The van der Waals surface area contributed by atoms with Crippen molar-refractivity contribution in [2.75, 3.05) is 26.7 Å². The number of carbonyl (C=O) groups excluding carboxylic acids is 1. The molecule has 0 saturated carbocycles. The highest BCUT2D eigenvalue weighted by molar-refractivity contribution is 14.0. The van der Waals surface area contributed by atoms with E-state index in [9.17, 15) is 4.79 Å². The van der Waals surface area contributed by atoms with Gasteiger partial charge in [-0.25, -0.2) is 4.98 Å². The van der Waals surface area contributed by atoms with Crippen LogP contribution in [0, 0.1) is 13.8 Å². The van der Waals surface area contributed by atoms with E-state index >= 15 is 0 Å². The van der Waals surface area contributed by atoms with Gasteiger partial charge in [0.25, 0.3) is 0 Å². The molecule has 6 nitrogen and oxygen atoms in total. The Morgan fingerprint density at radius 1 is 1.20 bits per heavy atom. The molecule has 164 valence electrons. The quantitative estimate of drug-likeness (QED) is 0.244. The van der Waals surface area contributed by atoms with Gasteiger partial charge in [0.2, 0.25) is 5.91 Å². The molecule has 0 spiro atoms. The third-order valence-electron chi connectivity index (χ3n) is 5.27.